The summed E-state index contributed by atoms with van der Waals surface area (Å²) >= 11 is 17.2. The molecule has 0 saturated carbocycles. The molecule has 3 rings (SSSR count). The minimum atomic E-state index is -1.36. The summed E-state index contributed by atoms with van der Waals surface area (Å²) in [6.45, 7) is 1.58. The van der Waals surface area contributed by atoms with E-state index in [0.29, 0.717) is 21.8 Å². The molecule has 1 saturated heterocycles. The molecular formula is C18H13Cl2N3O2S. The number of thiocarbonyl (C=S) groups is 1. The van der Waals surface area contributed by atoms with E-state index in [1.54, 1.807) is 37.3 Å². The fourth-order valence-electron chi connectivity index (χ4n) is 2.79. The van der Waals surface area contributed by atoms with Crippen LogP contribution in [0.5, 0.6) is 0 Å². The number of carbonyl (C=O) groups is 1. The van der Waals surface area contributed by atoms with Gasteiger partial charge in [-0.3, -0.25) is 9.69 Å². The Hall–Kier alpha value is -2.17. The number of hydrogen-bond donors (Lipinski definition) is 2. The molecule has 26 heavy (non-hydrogen) atoms. The highest BCUT2D eigenvalue weighted by Gasteiger charge is 2.51. The molecule has 0 unspecified atom stereocenters. The van der Waals surface area contributed by atoms with Gasteiger partial charge in [-0.1, -0.05) is 35.3 Å². The van der Waals surface area contributed by atoms with E-state index >= 15 is 0 Å². The summed E-state index contributed by atoms with van der Waals surface area (Å²) in [4.78, 5) is 14.3. The first-order valence-electron chi connectivity index (χ1n) is 7.58. The predicted octanol–water partition coefficient (Wildman–Crippen LogP) is 3.58. The third-order valence-corrected chi connectivity index (χ3v) is 5.13. The number of benzene rings is 2. The number of carbonyl (C=O) groups excluding carboxylic acids is 1. The Kier molecular flexibility index (Phi) is 4.91. The Bertz CT molecular complexity index is 942. The third kappa shape index (κ3) is 3.04. The summed E-state index contributed by atoms with van der Waals surface area (Å²) in [5, 5.41) is 23.6. The lowest BCUT2D eigenvalue weighted by Crippen LogP contribution is -2.49. The molecule has 2 atom stereocenters. The fourth-order valence-corrected chi connectivity index (χ4v) is 3.53. The fraction of sp³-hybridized carbons (Fsp3) is 0.167. The Balaban J connectivity index is 1.96. The van der Waals surface area contributed by atoms with E-state index in [1.165, 1.54) is 17.0 Å². The molecule has 1 aliphatic heterocycles. The highest BCUT2D eigenvalue weighted by atomic mass is 35.5. The molecule has 2 aromatic rings. The van der Waals surface area contributed by atoms with Crippen LogP contribution in [-0.2, 0) is 4.79 Å². The van der Waals surface area contributed by atoms with Crippen molar-refractivity contribution >= 4 is 52.1 Å². The van der Waals surface area contributed by atoms with E-state index < -0.39 is 17.6 Å². The summed E-state index contributed by atoms with van der Waals surface area (Å²) in [5.41, 5.74) is -0.112. The first-order chi connectivity index (χ1) is 12.3. The van der Waals surface area contributed by atoms with E-state index in [-0.39, 0.29) is 10.1 Å². The number of rotatable bonds is 3. The molecule has 0 radical (unpaired) electrons. The molecule has 1 amide bonds. The molecule has 1 aliphatic rings. The molecule has 2 aromatic carbocycles. The average molecular weight is 406 g/mol. The zero-order chi connectivity index (χ0) is 19.1. The maximum absolute atomic E-state index is 13.1. The second-order valence-electron chi connectivity index (χ2n) is 6.00. The number of aliphatic hydroxyl groups excluding tert-OH is 1. The lowest BCUT2D eigenvalue weighted by atomic mass is 9.89. The summed E-state index contributed by atoms with van der Waals surface area (Å²) in [5.74, 6) is -0.425. The molecular weight excluding hydrogens is 393 g/mol. The van der Waals surface area contributed by atoms with Gasteiger partial charge in [-0.25, -0.2) is 0 Å². The molecule has 1 fully saturated rings. The van der Waals surface area contributed by atoms with Crippen LogP contribution in [-0.4, -0.2) is 21.7 Å². The van der Waals surface area contributed by atoms with Crippen LogP contribution in [0.15, 0.2) is 42.5 Å². The third-order valence-electron chi connectivity index (χ3n) is 4.28. The van der Waals surface area contributed by atoms with Crippen LogP contribution < -0.4 is 10.2 Å². The Labute approximate surface area is 165 Å². The molecule has 5 nitrogen and oxygen atoms in total. The van der Waals surface area contributed by atoms with Crippen LogP contribution in [0.4, 0.5) is 5.69 Å². The molecule has 132 valence electrons. The summed E-state index contributed by atoms with van der Waals surface area (Å²) in [7, 11) is 0. The van der Waals surface area contributed by atoms with Gasteiger partial charge in [0.15, 0.2) is 5.11 Å². The van der Waals surface area contributed by atoms with Crippen LogP contribution >= 0.6 is 35.4 Å². The zero-order valence-corrected chi connectivity index (χ0v) is 15.9. The van der Waals surface area contributed by atoms with Gasteiger partial charge in [-0.2, -0.15) is 5.26 Å². The molecule has 0 bridgehead atoms. The quantitative estimate of drug-likeness (QED) is 0.763. The maximum Gasteiger partial charge on any atom is 0.261 e. The smallest absolute Gasteiger partial charge is 0.261 e. The first-order valence-corrected chi connectivity index (χ1v) is 8.74. The van der Waals surface area contributed by atoms with Crippen molar-refractivity contribution in [3.8, 4) is 6.07 Å². The number of hydrogen-bond acceptors (Lipinski definition) is 4. The van der Waals surface area contributed by atoms with Crippen molar-refractivity contribution < 1.29 is 9.90 Å². The van der Waals surface area contributed by atoms with E-state index in [1.807, 2.05) is 6.07 Å². The van der Waals surface area contributed by atoms with Gasteiger partial charge < -0.3 is 10.4 Å². The second kappa shape index (κ2) is 6.86. The number of amides is 1. The van der Waals surface area contributed by atoms with Crippen LogP contribution in [0, 0.1) is 11.3 Å². The number of anilines is 1. The van der Waals surface area contributed by atoms with Crippen molar-refractivity contribution in [2.45, 2.75) is 18.6 Å². The van der Waals surface area contributed by atoms with Crippen molar-refractivity contribution in [1.29, 1.82) is 5.26 Å². The normalized spacial score (nSPS) is 20.7. The number of nitrogens with zero attached hydrogens (tertiary/aromatic N) is 2. The van der Waals surface area contributed by atoms with E-state index in [0.717, 1.165) is 0 Å². The van der Waals surface area contributed by atoms with Gasteiger partial charge in [0.05, 0.1) is 16.3 Å². The largest absolute Gasteiger partial charge is 0.385 e. The summed E-state index contributed by atoms with van der Waals surface area (Å²) in [6, 6.07) is 13.1. The van der Waals surface area contributed by atoms with Gasteiger partial charge >= 0.3 is 0 Å². The maximum atomic E-state index is 13.1. The number of halogens is 2. The van der Waals surface area contributed by atoms with Gasteiger partial charge in [-0.15, -0.1) is 0 Å². The van der Waals surface area contributed by atoms with E-state index in [4.69, 9.17) is 40.7 Å². The van der Waals surface area contributed by atoms with Crippen LogP contribution in [0.1, 0.15) is 24.2 Å². The highest BCUT2D eigenvalue weighted by Crippen LogP contribution is 2.35. The van der Waals surface area contributed by atoms with Gasteiger partial charge in [0, 0.05) is 5.02 Å². The van der Waals surface area contributed by atoms with Crippen LogP contribution in [0.3, 0.4) is 0 Å². The van der Waals surface area contributed by atoms with E-state index in [9.17, 15) is 9.90 Å². The number of nitriles is 1. The summed E-state index contributed by atoms with van der Waals surface area (Å²) in [6.07, 6.45) is -1.15. The molecule has 8 heteroatoms. The predicted molar refractivity (Wildman–Crippen MR) is 104 cm³/mol. The minimum absolute atomic E-state index is 0.145. The molecule has 1 heterocycles. The molecule has 0 spiro atoms. The van der Waals surface area contributed by atoms with Gasteiger partial charge in [0.25, 0.3) is 5.91 Å². The zero-order valence-electron chi connectivity index (χ0n) is 13.5. The second-order valence-corrected chi connectivity index (χ2v) is 7.23. The number of nitrogens with one attached hydrogen (secondary N) is 1. The topological polar surface area (TPSA) is 76.4 Å². The Morgan fingerprint density at radius 2 is 1.92 bits per heavy atom. The molecule has 0 aliphatic carbocycles. The lowest BCUT2D eigenvalue weighted by molar-refractivity contribution is -0.125. The van der Waals surface area contributed by atoms with Crippen LogP contribution in [0.2, 0.25) is 10.0 Å². The average Bonchev–Trinajstić information content (AvgIpc) is 2.85. The first kappa shape index (κ1) is 18.6. The van der Waals surface area contributed by atoms with Gasteiger partial charge in [-0.05, 0) is 55.0 Å². The highest BCUT2D eigenvalue weighted by molar-refractivity contribution is 7.80. The standard InChI is InChI=1S/C18H13Cl2N3O2S/c1-18(15(24)10-2-5-12(19)6-3-10)16(25)23(17(26)22-18)13-7-4-11(9-21)14(20)8-13/h2-8,15,24H,1H3,(H,22,26)/t15-,18+/m0/s1. The summed E-state index contributed by atoms with van der Waals surface area (Å²) < 4.78 is 0. The SMILES string of the molecule is C[C@]1([C@@H](O)c2ccc(Cl)cc2)NC(=S)N(c2ccc(C#N)c(Cl)c2)C1=O. The van der Waals surface area contributed by atoms with Crippen molar-refractivity contribution in [3.63, 3.8) is 0 Å². The number of aliphatic hydroxyl groups is 1. The molecule has 2 N–H and O–H groups in total. The van der Waals surface area contributed by atoms with Crippen molar-refractivity contribution in [1.82, 2.24) is 5.32 Å². The van der Waals surface area contributed by atoms with Crippen LogP contribution in [0.25, 0.3) is 0 Å². The Morgan fingerprint density at radius 3 is 2.50 bits per heavy atom. The lowest BCUT2D eigenvalue weighted by Gasteiger charge is -2.28. The van der Waals surface area contributed by atoms with Crippen molar-refractivity contribution in [2.24, 2.45) is 0 Å². The molecule has 0 aromatic heterocycles. The minimum Gasteiger partial charge on any atom is -0.385 e. The van der Waals surface area contributed by atoms with Crippen molar-refractivity contribution in [2.75, 3.05) is 4.90 Å². The van der Waals surface area contributed by atoms with Gasteiger partial charge in [0.2, 0.25) is 0 Å². The van der Waals surface area contributed by atoms with Crippen molar-refractivity contribution in [3.05, 3.63) is 63.6 Å². The van der Waals surface area contributed by atoms with E-state index in [2.05, 4.69) is 5.32 Å². The monoisotopic (exact) mass is 405 g/mol. The Morgan fingerprint density at radius 1 is 1.27 bits per heavy atom. The van der Waals surface area contributed by atoms with Gasteiger partial charge in [0.1, 0.15) is 17.7 Å².